The summed E-state index contributed by atoms with van der Waals surface area (Å²) in [6.45, 7) is 5.77. The van der Waals surface area contributed by atoms with Crippen molar-refractivity contribution in [2.75, 3.05) is 6.61 Å². The van der Waals surface area contributed by atoms with Crippen molar-refractivity contribution >= 4 is 5.97 Å². The Morgan fingerprint density at radius 1 is 0.642 bits per heavy atom. The first-order valence-electron chi connectivity index (χ1n) is 21.9. The number of hydrogen-bond donors (Lipinski definition) is 4. The summed E-state index contributed by atoms with van der Waals surface area (Å²) < 4.78 is 17.6. The first-order chi connectivity index (χ1) is 25.8. The van der Waals surface area contributed by atoms with E-state index in [1.54, 1.807) is 0 Å². The lowest BCUT2D eigenvalue weighted by Gasteiger charge is -2.41. The molecule has 0 spiro atoms. The zero-order chi connectivity index (χ0) is 38.8. The van der Waals surface area contributed by atoms with Gasteiger partial charge in [-0.05, 0) is 51.9 Å². The predicted octanol–water partition coefficient (Wildman–Crippen LogP) is 10.3. The maximum absolute atomic E-state index is 12.6. The molecule has 53 heavy (non-hydrogen) atoms. The number of esters is 1. The van der Waals surface area contributed by atoms with Gasteiger partial charge in [0, 0.05) is 12.8 Å². The minimum Gasteiger partial charge on any atom is -0.463 e. The van der Waals surface area contributed by atoms with E-state index >= 15 is 0 Å². The quantitative estimate of drug-likeness (QED) is 0.0287. The smallest absolute Gasteiger partial charge is 0.306 e. The van der Waals surface area contributed by atoms with Gasteiger partial charge in [-0.1, -0.05) is 166 Å². The van der Waals surface area contributed by atoms with Crippen LogP contribution in [0.15, 0.2) is 36.5 Å². The van der Waals surface area contributed by atoms with Crippen LogP contribution in [0.25, 0.3) is 0 Å². The van der Waals surface area contributed by atoms with Crippen LogP contribution < -0.4 is 0 Å². The zero-order valence-corrected chi connectivity index (χ0v) is 34.2. The van der Waals surface area contributed by atoms with Gasteiger partial charge in [-0.15, -0.1) is 0 Å². The van der Waals surface area contributed by atoms with E-state index in [1.807, 2.05) is 6.92 Å². The number of hydrogen-bond acceptors (Lipinski definition) is 8. The second-order valence-corrected chi connectivity index (χ2v) is 15.3. The molecular weight excluding hydrogens is 668 g/mol. The molecule has 0 aromatic rings. The monoisotopic (exact) mass is 751 g/mol. The fraction of sp³-hybridized carbons (Fsp3) is 0.844. The number of carbonyl (C=O) groups is 1. The molecule has 0 amide bonds. The Balaban J connectivity index is 2.35. The van der Waals surface area contributed by atoms with Gasteiger partial charge in [0.05, 0.1) is 12.7 Å². The third kappa shape index (κ3) is 26.8. The van der Waals surface area contributed by atoms with Crippen LogP contribution in [0, 0.1) is 0 Å². The van der Waals surface area contributed by atoms with Gasteiger partial charge in [-0.2, -0.15) is 0 Å². The van der Waals surface area contributed by atoms with Gasteiger partial charge in [0.2, 0.25) is 0 Å². The minimum absolute atomic E-state index is 0.211. The highest BCUT2D eigenvalue weighted by atomic mass is 16.7. The molecule has 0 aliphatic carbocycles. The Morgan fingerprint density at radius 2 is 1.15 bits per heavy atom. The first-order valence-corrected chi connectivity index (χ1v) is 21.9. The Morgan fingerprint density at radius 3 is 1.72 bits per heavy atom. The van der Waals surface area contributed by atoms with Crippen molar-refractivity contribution in [3.63, 3.8) is 0 Å². The van der Waals surface area contributed by atoms with E-state index in [1.165, 1.54) is 77.0 Å². The van der Waals surface area contributed by atoms with Gasteiger partial charge in [0.1, 0.15) is 30.5 Å². The molecular formula is C45H82O8. The summed E-state index contributed by atoms with van der Waals surface area (Å²) in [4.78, 5) is 12.6. The van der Waals surface area contributed by atoms with Crippen LogP contribution in [0.5, 0.6) is 0 Å². The highest BCUT2D eigenvalue weighted by Gasteiger charge is 2.44. The zero-order valence-electron chi connectivity index (χ0n) is 34.2. The number of unbranched alkanes of at least 4 members (excludes halogenated alkanes) is 19. The Kier molecular flexibility index (Phi) is 32.6. The molecule has 7 atom stereocenters. The molecule has 1 aliphatic rings. The third-order valence-corrected chi connectivity index (χ3v) is 10.3. The average Bonchev–Trinajstić information content (AvgIpc) is 3.14. The lowest BCUT2D eigenvalue weighted by molar-refractivity contribution is -0.313. The van der Waals surface area contributed by atoms with Crippen LogP contribution in [0.2, 0.25) is 0 Å². The van der Waals surface area contributed by atoms with Gasteiger partial charge in [0.25, 0.3) is 0 Å². The highest BCUT2D eigenvalue weighted by molar-refractivity contribution is 5.69. The Bertz CT molecular complexity index is 918. The molecule has 0 aromatic heterocycles. The lowest BCUT2D eigenvalue weighted by Crippen LogP contribution is -2.59. The van der Waals surface area contributed by atoms with Crippen molar-refractivity contribution in [3.8, 4) is 0 Å². The van der Waals surface area contributed by atoms with E-state index < -0.39 is 37.3 Å². The van der Waals surface area contributed by atoms with E-state index in [4.69, 9.17) is 14.2 Å². The largest absolute Gasteiger partial charge is 0.463 e. The van der Waals surface area contributed by atoms with Crippen molar-refractivity contribution in [1.29, 1.82) is 0 Å². The van der Waals surface area contributed by atoms with Gasteiger partial charge in [0.15, 0.2) is 6.29 Å². The van der Waals surface area contributed by atoms with Crippen LogP contribution in [-0.2, 0) is 19.0 Å². The third-order valence-electron chi connectivity index (χ3n) is 10.3. The summed E-state index contributed by atoms with van der Waals surface area (Å²) in [5.74, 6) is -0.211. The summed E-state index contributed by atoms with van der Waals surface area (Å²) in [5.41, 5.74) is 0. The van der Waals surface area contributed by atoms with Gasteiger partial charge in [-0.25, -0.2) is 0 Å². The van der Waals surface area contributed by atoms with Gasteiger partial charge in [-0.3, -0.25) is 4.79 Å². The number of rotatable bonds is 35. The standard InChI is InChI=1S/C45H82O8/c1-4-6-8-10-12-14-16-18-20-22-24-26-28-30-32-34-39(52-45-44(50)43(49)42(48)40(37-46)53-45)36-38(3)51-41(47)35-33-31-29-27-25-23-21-19-17-15-13-11-9-7-5-2/h7,9,13,15,19,21,38-40,42-46,48-50H,4-6,8,10-12,14,16-18,20,22-37H2,1-3H3/b9-7-,15-13-,21-19-/t38?,39?,40-,42+,43+,44-,45?/m1/s1. The van der Waals surface area contributed by atoms with Crippen molar-refractivity contribution in [2.45, 2.75) is 237 Å². The molecule has 310 valence electrons. The van der Waals surface area contributed by atoms with E-state index in [2.05, 4.69) is 50.3 Å². The first kappa shape index (κ1) is 49.5. The molecule has 0 bridgehead atoms. The fourth-order valence-electron chi connectivity index (χ4n) is 6.94. The Hall–Kier alpha value is -1.55. The fourth-order valence-corrected chi connectivity index (χ4v) is 6.94. The SMILES string of the molecule is CC/C=C\C/C=C\C/C=C\CCCCCCCC(=O)OC(C)CC(CCCCCCCCCCCCCCCCC)OC1O[C@H](CO)[C@H](O)[C@H](O)[C@H]1O. The van der Waals surface area contributed by atoms with Crippen molar-refractivity contribution in [3.05, 3.63) is 36.5 Å². The molecule has 0 radical (unpaired) electrons. The summed E-state index contributed by atoms with van der Waals surface area (Å²) in [5, 5.41) is 40.7. The highest BCUT2D eigenvalue weighted by Crippen LogP contribution is 2.26. The number of aliphatic hydroxyl groups is 4. The van der Waals surface area contributed by atoms with E-state index in [0.29, 0.717) is 19.3 Å². The Labute approximate surface area is 324 Å². The van der Waals surface area contributed by atoms with Crippen molar-refractivity contribution in [2.24, 2.45) is 0 Å². The number of ether oxygens (including phenoxy) is 3. The molecule has 1 fully saturated rings. The molecule has 1 aliphatic heterocycles. The molecule has 0 aromatic carbocycles. The van der Waals surface area contributed by atoms with Crippen molar-refractivity contribution < 1.29 is 39.4 Å². The van der Waals surface area contributed by atoms with Crippen LogP contribution in [0.3, 0.4) is 0 Å². The maximum atomic E-state index is 12.6. The van der Waals surface area contributed by atoms with E-state index in [-0.39, 0.29) is 18.2 Å². The average molecular weight is 751 g/mol. The molecule has 3 unspecified atom stereocenters. The summed E-state index contributed by atoms with van der Waals surface area (Å²) in [7, 11) is 0. The van der Waals surface area contributed by atoms with E-state index in [9.17, 15) is 25.2 Å². The summed E-state index contributed by atoms with van der Waals surface area (Å²) >= 11 is 0. The summed E-state index contributed by atoms with van der Waals surface area (Å²) in [6.07, 6.45) is 36.1. The van der Waals surface area contributed by atoms with Crippen LogP contribution in [0.1, 0.15) is 194 Å². The molecule has 8 nitrogen and oxygen atoms in total. The van der Waals surface area contributed by atoms with Crippen LogP contribution >= 0.6 is 0 Å². The topological polar surface area (TPSA) is 126 Å². The molecule has 1 saturated heterocycles. The van der Waals surface area contributed by atoms with Crippen LogP contribution in [-0.4, -0.2) is 75.9 Å². The predicted molar refractivity (Wildman–Crippen MR) is 218 cm³/mol. The second kappa shape index (κ2) is 34.9. The number of aliphatic hydroxyl groups excluding tert-OH is 4. The number of allylic oxidation sites excluding steroid dienone is 6. The van der Waals surface area contributed by atoms with Gasteiger partial charge >= 0.3 is 5.97 Å². The number of carbonyl (C=O) groups excluding carboxylic acids is 1. The normalized spacial score (nSPS) is 22.0. The van der Waals surface area contributed by atoms with Crippen LogP contribution in [0.4, 0.5) is 0 Å². The molecule has 8 heteroatoms. The summed E-state index contributed by atoms with van der Waals surface area (Å²) in [6, 6.07) is 0. The molecule has 4 N–H and O–H groups in total. The molecule has 0 saturated carbocycles. The second-order valence-electron chi connectivity index (χ2n) is 15.3. The van der Waals surface area contributed by atoms with Crippen molar-refractivity contribution in [1.82, 2.24) is 0 Å². The van der Waals surface area contributed by atoms with E-state index in [0.717, 1.165) is 77.0 Å². The molecule has 1 heterocycles. The maximum Gasteiger partial charge on any atom is 0.306 e. The lowest BCUT2D eigenvalue weighted by atomic mass is 9.98. The molecule has 1 rings (SSSR count). The minimum atomic E-state index is -1.49. The van der Waals surface area contributed by atoms with Gasteiger partial charge < -0.3 is 34.6 Å².